The summed E-state index contributed by atoms with van der Waals surface area (Å²) < 4.78 is 6.61. The van der Waals surface area contributed by atoms with Crippen LogP contribution in [-0.4, -0.2) is 20.2 Å². The summed E-state index contributed by atoms with van der Waals surface area (Å²) in [5, 5.41) is 3.41. The normalized spacial score (nSPS) is 19.4. The van der Waals surface area contributed by atoms with Crippen LogP contribution in [0.2, 0.25) is 0 Å². The van der Waals surface area contributed by atoms with Crippen molar-refractivity contribution in [2.45, 2.75) is 25.2 Å². The van der Waals surface area contributed by atoms with E-state index in [1.165, 1.54) is 18.4 Å². The summed E-state index contributed by atoms with van der Waals surface area (Å²) in [7, 11) is 1.75. The molecule has 0 spiro atoms. The Morgan fingerprint density at radius 3 is 2.62 bits per heavy atom. The Morgan fingerprint density at radius 1 is 1.31 bits per heavy atom. The average molecular weight is 284 g/mol. The molecule has 1 saturated heterocycles. The van der Waals surface area contributed by atoms with E-state index in [0.717, 1.165) is 23.3 Å². The molecule has 0 radical (unpaired) electrons. The molecule has 2 nitrogen and oxygen atoms in total. The lowest BCUT2D eigenvalue weighted by atomic mass is 9.74. The first-order valence-corrected chi connectivity index (χ1v) is 6.50. The predicted molar refractivity (Wildman–Crippen MR) is 70.1 cm³/mol. The largest absolute Gasteiger partial charge is 0.496 e. The van der Waals surface area contributed by atoms with Crippen molar-refractivity contribution in [1.82, 2.24) is 5.32 Å². The number of hydrogen-bond donors (Lipinski definition) is 1. The molecule has 1 aromatic rings. The Morgan fingerprint density at radius 2 is 2.00 bits per heavy atom. The Kier molecular flexibility index (Phi) is 3.55. The zero-order valence-electron chi connectivity index (χ0n) is 9.85. The number of hydrogen-bond acceptors (Lipinski definition) is 2. The van der Waals surface area contributed by atoms with Crippen molar-refractivity contribution in [2.75, 3.05) is 20.2 Å². The summed E-state index contributed by atoms with van der Waals surface area (Å²) in [5.41, 5.74) is 1.56. The monoisotopic (exact) mass is 283 g/mol. The van der Waals surface area contributed by atoms with Gasteiger partial charge in [-0.3, -0.25) is 0 Å². The number of ether oxygens (including phenoxy) is 1. The Labute approximate surface area is 106 Å². The van der Waals surface area contributed by atoms with E-state index in [0.29, 0.717) is 0 Å². The molecule has 1 aliphatic rings. The number of rotatable bonds is 2. The molecule has 0 saturated carbocycles. The van der Waals surface area contributed by atoms with Crippen LogP contribution < -0.4 is 10.1 Å². The molecule has 0 aromatic heterocycles. The molecule has 16 heavy (non-hydrogen) atoms. The van der Waals surface area contributed by atoms with Crippen LogP contribution in [0.25, 0.3) is 0 Å². The number of piperidine rings is 1. The van der Waals surface area contributed by atoms with Gasteiger partial charge in [0.15, 0.2) is 0 Å². The number of benzene rings is 1. The van der Waals surface area contributed by atoms with Gasteiger partial charge < -0.3 is 10.1 Å². The summed E-state index contributed by atoms with van der Waals surface area (Å²) >= 11 is 3.55. The molecule has 1 aromatic carbocycles. The van der Waals surface area contributed by atoms with E-state index >= 15 is 0 Å². The zero-order chi connectivity index (χ0) is 11.6. The third-order valence-corrected chi connectivity index (χ3v) is 4.01. The van der Waals surface area contributed by atoms with E-state index in [1.54, 1.807) is 7.11 Å². The topological polar surface area (TPSA) is 21.3 Å². The number of nitrogens with one attached hydrogen (secondary N) is 1. The van der Waals surface area contributed by atoms with E-state index in [9.17, 15) is 0 Å². The van der Waals surface area contributed by atoms with Gasteiger partial charge in [-0.25, -0.2) is 0 Å². The summed E-state index contributed by atoms with van der Waals surface area (Å²) in [4.78, 5) is 0. The fourth-order valence-electron chi connectivity index (χ4n) is 2.40. The second-order valence-electron chi connectivity index (χ2n) is 4.66. The quantitative estimate of drug-likeness (QED) is 0.901. The van der Waals surface area contributed by atoms with E-state index in [4.69, 9.17) is 4.74 Å². The molecule has 3 heteroatoms. The third-order valence-electron chi connectivity index (χ3n) is 3.52. The van der Waals surface area contributed by atoms with Gasteiger partial charge in [0.1, 0.15) is 5.75 Å². The molecule has 0 aliphatic carbocycles. The fraction of sp³-hybridized carbons (Fsp3) is 0.538. The summed E-state index contributed by atoms with van der Waals surface area (Å²) in [5.74, 6) is 1.01. The van der Waals surface area contributed by atoms with Crippen LogP contribution in [0.15, 0.2) is 22.7 Å². The molecule has 1 fully saturated rings. The van der Waals surface area contributed by atoms with Gasteiger partial charge >= 0.3 is 0 Å². The summed E-state index contributed by atoms with van der Waals surface area (Å²) in [6.45, 7) is 4.51. The average Bonchev–Trinajstić information content (AvgIpc) is 2.30. The Bertz CT molecular complexity index is 372. The lowest BCUT2D eigenvalue weighted by Crippen LogP contribution is -2.37. The van der Waals surface area contributed by atoms with Crippen molar-refractivity contribution >= 4 is 15.9 Å². The SMILES string of the molecule is COc1ccc(Br)cc1C1(C)CCNCC1. The molecule has 0 atom stereocenters. The minimum absolute atomic E-state index is 0.236. The van der Waals surface area contributed by atoms with Gasteiger partial charge in [0.05, 0.1) is 7.11 Å². The highest BCUT2D eigenvalue weighted by atomic mass is 79.9. The van der Waals surface area contributed by atoms with E-state index < -0.39 is 0 Å². The molecular formula is C13H18BrNO. The first kappa shape index (κ1) is 11.9. The van der Waals surface area contributed by atoms with Crippen LogP contribution >= 0.6 is 15.9 Å². The van der Waals surface area contributed by atoms with Gasteiger partial charge in [0.25, 0.3) is 0 Å². The minimum Gasteiger partial charge on any atom is -0.496 e. The Balaban J connectivity index is 2.40. The van der Waals surface area contributed by atoms with Gasteiger partial charge in [-0.05, 0) is 49.5 Å². The van der Waals surface area contributed by atoms with Crippen LogP contribution in [-0.2, 0) is 5.41 Å². The van der Waals surface area contributed by atoms with Crippen LogP contribution in [0.1, 0.15) is 25.3 Å². The Hall–Kier alpha value is -0.540. The van der Waals surface area contributed by atoms with Crippen molar-refractivity contribution in [2.24, 2.45) is 0 Å². The standard InChI is InChI=1S/C13H18BrNO/c1-13(5-7-15-8-6-13)11-9-10(14)3-4-12(11)16-2/h3-4,9,15H,5-8H2,1-2H3. The van der Waals surface area contributed by atoms with Gasteiger partial charge in [0, 0.05) is 10.0 Å². The van der Waals surface area contributed by atoms with Gasteiger partial charge in [-0.15, -0.1) is 0 Å². The van der Waals surface area contributed by atoms with Crippen molar-refractivity contribution in [3.63, 3.8) is 0 Å². The molecule has 0 bridgehead atoms. The smallest absolute Gasteiger partial charge is 0.122 e. The maximum Gasteiger partial charge on any atom is 0.122 e. The van der Waals surface area contributed by atoms with Gasteiger partial charge in [0.2, 0.25) is 0 Å². The summed E-state index contributed by atoms with van der Waals surface area (Å²) in [6, 6.07) is 6.28. The van der Waals surface area contributed by atoms with Crippen molar-refractivity contribution in [3.05, 3.63) is 28.2 Å². The highest BCUT2D eigenvalue weighted by molar-refractivity contribution is 9.10. The first-order valence-electron chi connectivity index (χ1n) is 5.70. The van der Waals surface area contributed by atoms with Crippen molar-refractivity contribution in [1.29, 1.82) is 0 Å². The maximum absolute atomic E-state index is 5.48. The van der Waals surface area contributed by atoms with Crippen LogP contribution in [0.3, 0.4) is 0 Å². The molecule has 1 heterocycles. The van der Waals surface area contributed by atoms with E-state index in [2.05, 4.69) is 34.2 Å². The number of halogens is 1. The van der Waals surface area contributed by atoms with Crippen molar-refractivity contribution < 1.29 is 4.74 Å². The molecule has 2 rings (SSSR count). The predicted octanol–water partition coefficient (Wildman–Crippen LogP) is 3.10. The number of methoxy groups -OCH3 is 1. The van der Waals surface area contributed by atoms with Crippen LogP contribution in [0.4, 0.5) is 0 Å². The lowest BCUT2D eigenvalue weighted by Gasteiger charge is -2.35. The van der Waals surface area contributed by atoms with Crippen molar-refractivity contribution in [3.8, 4) is 5.75 Å². The minimum atomic E-state index is 0.236. The second kappa shape index (κ2) is 4.76. The maximum atomic E-state index is 5.48. The fourth-order valence-corrected chi connectivity index (χ4v) is 2.76. The third kappa shape index (κ3) is 2.25. The highest BCUT2D eigenvalue weighted by Crippen LogP contribution is 2.39. The molecule has 0 amide bonds. The summed E-state index contributed by atoms with van der Waals surface area (Å²) in [6.07, 6.45) is 2.33. The van der Waals surface area contributed by atoms with E-state index in [1.807, 2.05) is 12.1 Å². The highest BCUT2D eigenvalue weighted by Gasteiger charge is 2.31. The van der Waals surface area contributed by atoms with E-state index in [-0.39, 0.29) is 5.41 Å². The molecular weight excluding hydrogens is 266 g/mol. The molecule has 0 unspecified atom stereocenters. The van der Waals surface area contributed by atoms with Crippen LogP contribution in [0, 0.1) is 0 Å². The second-order valence-corrected chi connectivity index (χ2v) is 5.57. The van der Waals surface area contributed by atoms with Gasteiger partial charge in [-0.1, -0.05) is 22.9 Å². The lowest BCUT2D eigenvalue weighted by molar-refractivity contribution is 0.317. The van der Waals surface area contributed by atoms with Crippen LogP contribution in [0.5, 0.6) is 5.75 Å². The molecule has 1 aliphatic heterocycles. The first-order chi connectivity index (χ1) is 7.65. The zero-order valence-corrected chi connectivity index (χ0v) is 11.4. The molecule has 88 valence electrons. The molecule has 1 N–H and O–H groups in total. The van der Waals surface area contributed by atoms with Gasteiger partial charge in [-0.2, -0.15) is 0 Å².